The summed E-state index contributed by atoms with van der Waals surface area (Å²) in [7, 11) is 1.76. The van der Waals surface area contributed by atoms with Gasteiger partial charge in [0.25, 0.3) is 5.91 Å². The van der Waals surface area contributed by atoms with Gasteiger partial charge in [-0.2, -0.15) is 0 Å². The number of benzene rings is 1. The van der Waals surface area contributed by atoms with Gasteiger partial charge in [-0.3, -0.25) is 9.79 Å². The zero-order valence-electron chi connectivity index (χ0n) is 16.2. The van der Waals surface area contributed by atoms with Gasteiger partial charge in [0.1, 0.15) is 0 Å². The Balaban J connectivity index is 0.00000364. The van der Waals surface area contributed by atoms with Crippen LogP contribution in [-0.2, 0) is 13.1 Å². The van der Waals surface area contributed by atoms with E-state index in [4.69, 9.17) is 0 Å². The van der Waals surface area contributed by atoms with Crippen molar-refractivity contribution in [3.8, 4) is 0 Å². The van der Waals surface area contributed by atoms with Gasteiger partial charge in [-0.15, -0.1) is 35.3 Å². The Morgan fingerprint density at radius 1 is 1.04 bits per heavy atom. The molecule has 2 rings (SSSR count). The Bertz CT molecular complexity index is 728. The third kappa shape index (κ3) is 8.30. The zero-order valence-corrected chi connectivity index (χ0v) is 19.3. The van der Waals surface area contributed by atoms with Gasteiger partial charge in [0.05, 0.1) is 6.54 Å². The smallest absolute Gasteiger partial charge is 0.251 e. The monoisotopic (exact) mass is 500 g/mol. The number of guanidine groups is 1. The molecular weight excluding hydrogens is 471 g/mol. The van der Waals surface area contributed by atoms with Gasteiger partial charge in [0.2, 0.25) is 0 Å². The number of rotatable bonds is 8. The molecule has 0 bridgehead atoms. The molecule has 148 valence electrons. The standard InChI is InChI=1S/C20H28N4OS.HI/c1-4-5-12-22-19(25)17-9-7-16(8-10-17)13-23-20(21-3)24-14-18-11-6-15(2)26-18;/h6-11H,4-5,12-14H2,1-3H3,(H,22,25)(H2,21,23,24);1H. The van der Waals surface area contributed by atoms with Crippen molar-refractivity contribution in [2.24, 2.45) is 4.99 Å². The van der Waals surface area contributed by atoms with E-state index in [1.165, 1.54) is 9.75 Å². The number of nitrogens with one attached hydrogen (secondary N) is 3. The van der Waals surface area contributed by atoms with Gasteiger partial charge in [-0.25, -0.2) is 0 Å². The lowest BCUT2D eigenvalue weighted by Crippen LogP contribution is -2.36. The number of amides is 1. The van der Waals surface area contributed by atoms with E-state index in [1.54, 1.807) is 18.4 Å². The van der Waals surface area contributed by atoms with Crippen molar-refractivity contribution in [2.45, 2.75) is 39.8 Å². The van der Waals surface area contributed by atoms with Gasteiger partial charge in [-0.1, -0.05) is 25.5 Å². The maximum atomic E-state index is 12.0. The molecule has 1 heterocycles. The second kappa shape index (κ2) is 12.7. The van der Waals surface area contributed by atoms with Crippen LogP contribution in [0.25, 0.3) is 0 Å². The lowest BCUT2D eigenvalue weighted by Gasteiger charge is -2.11. The molecule has 3 N–H and O–H groups in total. The fourth-order valence-corrected chi connectivity index (χ4v) is 3.24. The van der Waals surface area contributed by atoms with Crippen LogP contribution in [0.2, 0.25) is 0 Å². The van der Waals surface area contributed by atoms with Gasteiger partial charge in [0, 0.05) is 35.5 Å². The molecule has 0 saturated carbocycles. The molecular formula is C20H29IN4OS. The van der Waals surface area contributed by atoms with E-state index in [9.17, 15) is 4.79 Å². The van der Waals surface area contributed by atoms with Gasteiger partial charge >= 0.3 is 0 Å². The van der Waals surface area contributed by atoms with Crippen LogP contribution in [0.1, 0.15) is 45.4 Å². The number of carbonyl (C=O) groups is 1. The molecule has 27 heavy (non-hydrogen) atoms. The first-order chi connectivity index (χ1) is 12.6. The van der Waals surface area contributed by atoms with Crippen LogP contribution < -0.4 is 16.0 Å². The van der Waals surface area contributed by atoms with Gasteiger partial charge < -0.3 is 16.0 Å². The summed E-state index contributed by atoms with van der Waals surface area (Å²) in [6.07, 6.45) is 2.08. The highest BCUT2D eigenvalue weighted by Gasteiger charge is 2.05. The number of nitrogens with zero attached hydrogens (tertiary/aromatic N) is 1. The fraction of sp³-hybridized carbons (Fsp3) is 0.400. The van der Waals surface area contributed by atoms with E-state index in [0.29, 0.717) is 12.1 Å². The van der Waals surface area contributed by atoms with E-state index in [1.807, 2.05) is 24.3 Å². The molecule has 0 fully saturated rings. The molecule has 1 aromatic carbocycles. The first-order valence-electron chi connectivity index (χ1n) is 8.99. The highest BCUT2D eigenvalue weighted by atomic mass is 127. The summed E-state index contributed by atoms with van der Waals surface area (Å²) in [5, 5.41) is 9.54. The molecule has 1 amide bonds. The molecule has 1 aromatic heterocycles. The number of halogens is 1. The summed E-state index contributed by atoms with van der Waals surface area (Å²) >= 11 is 1.78. The lowest BCUT2D eigenvalue weighted by molar-refractivity contribution is 0.0953. The van der Waals surface area contributed by atoms with Crippen molar-refractivity contribution in [1.82, 2.24) is 16.0 Å². The number of unbranched alkanes of at least 4 members (excludes halogenated alkanes) is 1. The maximum Gasteiger partial charge on any atom is 0.251 e. The van der Waals surface area contributed by atoms with Crippen LogP contribution in [0, 0.1) is 6.92 Å². The van der Waals surface area contributed by atoms with E-state index < -0.39 is 0 Å². The summed E-state index contributed by atoms with van der Waals surface area (Å²) in [6, 6.07) is 11.9. The average molecular weight is 500 g/mol. The summed E-state index contributed by atoms with van der Waals surface area (Å²) in [5.74, 6) is 0.749. The molecule has 0 radical (unpaired) electrons. The van der Waals surface area contributed by atoms with Crippen molar-refractivity contribution in [3.05, 3.63) is 57.3 Å². The molecule has 0 spiro atoms. The fourth-order valence-electron chi connectivity index (χ4n) is 2.41. The highest BCUT2D eigenvalue weighted by Crippen LogP contribution is 2.14. The molecule has 0 aliphatic heterocycles. The lowest BCUT2D eigenvalue weighted by atomic mass is 10.1. The number of aryl methyl sites for hydroxylation is 1. The van der Waals surface area contributed by atoms with Gasteiger partial charge in [0.15, 0.2) is 5.96 Å². The maximum absolute atomic E-state index is 12.0. The second-order valence-corrected chi connectivity index (χ2v) is 7.47. The van der Waals surface area contributed by atoms with Crippen molar-refractivity contribution in [3.63, 3.8) is 0 Å². The Hall–Kier alpha value is -1.61. The largest absolute Gasteiger partial charge is 0.352 e. The number of carbonyl (C=O) groups excluding carboxylic acids is 1. The number of hydrogen-bond donors (Lipinski definition) is 3. The number of aliphatic imine (C=N–C) groups is 1. The molecule has 2 aromatic rings. The Kier molecular flexibility index (Phi) is 11.0. The van der Waals surface area contributed by atoms with Gasteiger partial charge in [-0.05, 0) is 43.2 Å². The molecule has 7 heteroatoms. The van der Waals surface area contributed by atoms with Crippen LogP contribution >= 0.6 is 35.3 Å². The number of hydrogen-bond acceptors (Lipinski definition) is 3. The molecule has 0 aliphatic carbocycles. The van der Waals surface area contributed by atoms with E-state index in [-0.39, 0.29) is 29.9 Å². The molecule has 0 atom stereocenters. The summed E-state index contributed by atoms with van der Waals surface area (Å²) in [5.41, 5.74) is 1.80. The third-order valence-electron chi connectivity index (χ3n) is 3.94. The van der Waals surface area contributed by atoms with Crippen molar-refractivity contribution in [1.29, 1.82) is 0 Å². The molecule has 0 unspecified atom stereocenters. The quantitative estimate of drug-likeness (QED) is 0.222. The normalized spacial score (nSPS) is 10.9. The third-order valence-corrected chi connectivity index (χ3v) is 4.94. The number of thiophene rings is 1. The van der Waals surface area contributed by atoms with E-state index in [2.05, 4.69) is 46.9 Å². The van der Waals surface area contributed by atoms with Crippen LogP contribution in [0.3, 0.4) is 0 Å². The predicted molar refractivity (Wildman–Crippen MR) is 125 cm³/mol. The van der Waals surface area contributed by atoms with Crippen molar-refractivity contribution >= 4 is 47.2 Å². The molecule has 5 nitrogen and oxygen atoms in total. The van der Waals surface area contributed by atoms with Crippen LogP contribution in [0.4, 0.5) is 0 Å². The van der Waals surface area contributed by atoms with Crippen LogP contribution in [0.5, 0.6) is 0 Å². The second-order valence-electron chi connectivity index (χ2n) is 6.10. The molecule has 0 aliphatic rings. The van der Waals surface area contributed by atoms with Crippen LogP contribution in [0.15, 0.2) is 41.4 Å². The first-order valence-corrected chi connectivity index (χ1v) is 9.81. The highest BCUT2D eigenvalue weighted by molar-refractivity contribution is 14.0. The Morgan fingerprint density at radius 2 is 1.74 bits per heavy atom. The zero-order chi connectivity index (χ0) is 18.8. The Labute approximate surface area is 183 Å². The SMILES string of the molecule is CCCCNC(=O)c1ccc(CNC(=NC)NCc2ccc(C)s2)cc1.I. The Morgan fingerprint density at radius 3 is 2.33 bits per heavy atom. The predicted octanol–water partition coefficient (Wildman–Crippen LogP) is 4.07. The first kappa shape index (κ1) is 23.4. The minimum Gasteiger partial charge on any atom is -0.352 e. The van der Waals surface area contributed by atoms with E-state index >= 15 is 0 Å². The topological polar surface area (TPSA) is 65.5 Å². The minimum atomic E-state index is -0.0123. The summed E-state index contributed by atoms with van der Waals surface area (Å²) < 4.78 is 0. The van der Waals surface area contributed by atoms with E-state index in [0.717, 1.165) is 37.5 Å². The summed E-state index contributed by atoms with van der Waals surface area (Å²) in [4.78, 5) is 18.8. The van der Waals surface area contributed by atoms with Crippen LogP contribution in [-0.4, -0.2) is 25.5 Å². The van der Waals surface area contributed by atoms with Crippen molar-refractivity contribution < 1.29 is 4.79 Å². The molecule has 0 saturated heterocycles. The average Bonchev–Trinajstić information content (AvgIpc) is 3.07. The van der Waals surface area contributed by atoms with Crippen molar-refractivity contribution in [2.75, 3.05) is 13.6 Å². The minimum absolute atomic E-state index is 0. The summed E-state index contributed by atoms with van der Waals surface area (Å²) in [6.45, 7) is 6.35.